The van der Waals surface area contributed by atoms with E-state index in [9.17, 15) is 14.0 Å². The fourth-order valence-corrected chi connectivity index (χ4v) is 4.18. The quantitative estimate of drug-likeness (QED) is 0.780. The Morgan fingerprint density at radius 3 is 2.59 bits per heavy atom. The average Bonchev–Trinajstić information content (AvgIpc) is 3.20. The van der Waals surface area contributed by atoms with E-state index in [4.69, 9.17) is 4.74 Å². The third-order valence-electron chi connectivity index (χ3n) is 4.76. The van der Waals surface area contributed by atoms with Crippen molar-refractivity contribution in [1.29, 1.82) is 0 Å². The lowest BCUT2D eigenvalue weighted by Gasteiger charge is -2.34. The van der Waals surface area contributed by atoms with Crippen LogP contribution in [0.1, 0.15) is 50.1 Å². The summed E-state index contributed by atoms with van der Waals surface area (Å²) in [5.41, 5.74) is 0.251. The molecule has 0 aliphatic carbocycles. The minimum atomic E-state index is -0.570. The number of thiophene rings is 1. The lowest BCUT2D eigenvalue weighted by atomic mass is 9.96. The van der Waals surface area contributed by atoms with Crippen LogP contribution in [0.4, 0.5) is 9.18 Å². The van der Waals surface area contributed by atoms with Gasteiger partial charge >= 0.3 is 6.09 Å². The van der Waals surface area contributed by atoms with Crippen molar-refractivity contribution in [2.24, 2.45) is 5.92 Å². The molecule has 2 heterocycles. The van der Waals surface area contributed by atoms with Crippen LogP contribution in [-0.2, 0) is 9.53 Å². The fraction of sp³-hybridized carbons (Fsp3) is 0.455. The predicted octanol–water partition coefficient (Wildman–Crippen LogP) is 4.74. The zero-order chi connectivity index (χ0) is 21.0. The van der Waals surface area contributed by atoms with Crippen LogP contribution in [0.2, 0.25) is 0 Å². The van der Waals surface area contributed by atoms with Gasteiger partial charge in [-0.1, -0.05) is 18.2 Å². The summed E-state index contributed by atoms with van der Waals surface area (Å²) >= 11 is 1.54. The molecule has 1 aliphatic rings. The zero-order valence-corrected chi connectivity index (χ0v) is 17.8. The average molecular weight is 419 g/mol. The molecule has 5 nitrogen and oxygen atoms in total. The molecular formula is C22H27FN2O3S. The van der Waals surface area contributed by atoms with Crippen molar-refractivity contribution in [2.45, 2.75) is 45.3 Å². The van der Waals surface area contributed by atoms with E-state index in [0.29, 0.717) is 19.5 Å². The van der Waals surface area contributed by atoms with E-state index in [1.54, 1.807) is 17.0 Å². The van der Waals surface area contributed by atoms with Gasteiger partial charge in [0, 0.05) is 18.0 Å². The SMILES string of the molecule is CC(C)(C)OC(=O)N1CCCC(C(=O)NC(c2ccc(F)cc2)c2cccs2)C1. The van der Waals surface area contributed by atoms with Crippen LogP contribution in [-0.4, -0.2) is 35.6 Å². The van der Waals surface area contributed by atoms with Gasteiger partial charge in [-0.25, -0.2) is 9.18 Å². The maximum Gasteiger partial charge on any atom is 0.410 e. The molecule has 1 N–H and O–H groups in total. The van der Waals surface area contributed by atoms with Gasteiger partial charge in [-0.2, -0.15) is 0 Å². The van der Waals surface area contributed by atoms with Gasteiger partial charge in [-0.05, 0) is 62.8 Å². The Kier molecular flexibility index (Phi) is 6.57. The van der Waals surface area contributed by atoms with E-state index in [2.05, 4.69) is 5.32 Å². The molecule has 156 valence electrons. The number of piperidine rings is 1. The second-order valence-corrected chi connectivity index (χ2v) is 9.25. The normalized spacial score (nSPS) is 18.2. The number of amides is 2. The van der Waals surface area contributed by atoms with E-state index in [1.807, 2.05) is 38.3 Å². The molecule has 1 aliphatic heterocycles. The minimum Gasteiger partial charge on any atom is -0.444 e. The molecule has 1 aromatic carbocycles. The summed E-state index contributed by atoms with van der Waals surface area (Å²) < 4.78 is 18.8. The van der Waals surface area contributed by atoms with Crippen LogP contribution >= 0.6 is 11.3 Å². The summed E-state index contributed by atoms with van der Waals surface area (Å²) in [6, 6.07) is 9.70. The summed E-state index contributed by atoms with van der Waals surface area (Å²) in [6.45, 7) is 6.40. The molecule has 0 spiro atoms. The molecule has 0 bridgehead atoms. The van der Waals surface area contributed by atoms with Crippen molar-refractivity contribution < 1.29 is 18.7 Å². The molecule has 2 unspecified atom stereocenters. The van der Waals surface area contributed by atoms with E-state index in [0.717, 1.165) is 16.9 Å². The number of nitrogens with one attached hydrogen (secondary N) is 1. The van der Waals surface area contributed by atoms with Crippen molar-refractivity contribution in [2.75, 3.05) is 13.1 Å². The standard InChI is InChI=1S/C22H27FN2O3S/c1-22(2,3)28-21(27)25-12-4-6-16(14-25)20(26)24-19(18-7-5-13-29-18)15-8-10-17(23)11-9-15/h5,7-11,13,16,19H,4,6,12,14H2,1-3H3,(H,24,26). The van der Waals surface area contributed by atoms with E-state index in [-0.39, 0.29) is 29.8 Å². The number of carbonyl (C=O) groups is 2. The minimum absolute atomic E-state index is 0.110. The Labute approximate surface area is 174 Å². The highest BCUT2D eigenvalue weighted by Crippen LogP contribution is 2.28. The first kappa shape index (κ1) is 21.3. The number of hydrogen-bond donors (Lipinski definition) is 1. The third kappa shape index (κ3) is 5.79. The topological polar surface area (TPSA) is 58.6 Å². The molecule has 0 saturated carbocycles. The first-order valence-corrected chi connectivity index (χ1v) is 10.7. The first-order valence-electron chi connectivity index (χ1n) is 9.80. The van der Waals surface area contributed by atoms with E-state index in [1.165, 1.54) is 23.5 Å². The van der Waals surface area contributed by atoms with Gasteiger partial charge in [0.05, 0.1) is 12.0 Å². The monoisotopic (exact) mass is 418 g/mol. The van der Waals surface area contributed by atoms with Gasteiger partial charge < -0.3 is 15.0 Å². The Morgan fingerprint density at radius 2 is 1.97 bits per heavy atom. The Hall–Kier alpha value is -2.41. The first-order chi connectivity index (χ1) is 13.7. The van der Waals surface area contributed by atoms with Crippen LogP contribution in [0.25, 0.3) is 0 Å². The molecule has 1 fully saturated rings. The molecule has 2 amide bonds. The second-order valence-electron chi connectivity index (χ2n) is 8.27. The van der Waals surface area contributed by atoms with Gasteiger partial charge in [0.25, 0.3) is 0 Å². The number of benzene rings is 1. The number of hydrogen-bond acceptors (Lipinski definition) is 4. The van der Waals surface area contributed by atoms with Gasteiger partial charge in [0.15, 0.2) is 0 Å². The molecule has 7 heteroatoms. The van der Waals surface area contributed by atoms with Gasteiger partial charge in [-0.3, -0.25) is 4.79 Å². The number of halogens is 1. The number of carbonyl (C=O) groups excluding carboxylic acids is 2. The molecule has 2 atom stereocenters. The third-order valence-corrected chi connectivity index (χ3v) is 5.70. The molecule has 1 saturated heterocycles. The molecule has 0 radical (unpaired) electrons. The van der Waals surface area contributed by atoms with Crippen LogP contribution < -0.4 is 5.32 Å². The van der Waals surface area contributed by atoms with E-state index < -0.39 is 5.60 Å². The van der Waals surface area contributed by atoms with Crippen molar-refractivity contribution in [3.8, 4) is 0 Å². The second kappa shape index (κ2) is 8.95. The molecule has 1 aromatic heterocycles. The number of ether oxygens (including phenoxy) is 1. The summed E-state index contributed by atoms with van der Waals surface area (Å²) in [5.74, 6) is -0.731. The summed E-state index contributed by atoms with van der Waals surface area (Å²) in [5, 5.41) is 5.05. The highest BCUT2D eigenvalue weighted by molar-refractivity contribution is 7.10. The fourth-order valence-electron chi connectivity index (χ4n) is 3.37. The van der Waals surface area contributed by atoms with Crippen LogP contribution in [0.5, 0.6) is 0 Å². The molecular weight excluding hydrogens is 391 g/mol. The Balaban J connectivity index is 1.71. The lowest BCUT2D eigenvalue weighted by molar-refractivity contribution is -0.127. The Morgan fingerprint density at radius 1 is 1.24 bits per heavy atom. The number of rotatable bonds is 4. The maximum absolute atomic E-state index is 13.3. The number of likely N-dealkylation sites (tertiary alicyclic amines) is 1. The van der Waals surface area contributed by atoms with Gasteiger partial charge in [-0.15, -0.1) is 11.3 Å². The summed E-state index contributed by atoms with van der Waals surface area (Å²) in [4.78, 5) is 28.0. The predicted molar refractivity (Wildman–Crippen MR) is 111 cm³/mol. The van der Waals surface area contributed by atoms with Crippen LogP contribution in [0, 0.1) is 11.7 Å². The Bertz CT molecular complexity index is 831. The summed E-state index contributed by atoms with van der Waals surface area (Å²) in [7, 11) is 0. The van der Waals surface area contributed by atoms with Gasteiger partial charge in [0.2, 0.25) is 5.91 Å². The van der Waals surface area contributed by atoms with Crippen molar-refractivity contribution in [1.82, 2.24) is 10.2 Å². The smallest absolute Gasteiger partial charge is 0.410 e. The van der Waals surface area contributed by atoms with Crippen molar-refractivity contribution >= 4 is 23.3 Å². The summed E-state index contributed by atoms with van der Waals surface area (Å²) in [6.07, 6.45) is 1.08. The zero-order valence-electron chi connectivity index (χ0n) is 17.0. The van der Waals surface area contributed by atoms with Gasteiger partial charge in [0.1, 0.15) is 11.4 Å². The lowest BCUT2D eigenvalue weighted by Crippen LogP contribution is -2.47. The molecule has 29 heavy (non-hydrogen) atoms. The van der Waals surface area contributed by atoms with Crippen molar-refractivity contribution in [3.63, 3.8) is 0 Å². The number of nitrogens with zero attached hydrogens (tertiary/aromatic N) is 1. The maximum atomic E-state index is 13.3. The highest BCUT2D eigenvalue weighted by atomic mass is 32.1. The van der Waals surface area contributed by atoms with Crippen molar-refractivity contribution in [3.05, 3.63) is 58.0 Å². The highest BCUT2D eigenvalue weighted by Gasteiger charge is 2.32. The largest absolute Gasteiger partial charge is 0.444 e. The van der Waals surface area contributed by atoms with E-state index >= 15 is 0 Å². The molecule has 2 aromatic rings. The van der Waals surface area contributed by atoms with Crippen LogP contribution in [0.3, 0.4) is 0 Å². The van der Waals surface area contributed by atoms with Crippen LogP contribution in [0.15, 0.2) is 41.8 Å². The molecule has 3 rings (SSSR count).